The van der Waals surface area contributed by atoms with E-state index in [1.165, 1.54) is 10.4 Å². The molecule has 0 unspecified atom stereocenters. The zero-order valence-electron chi connectivity index (χ0n) is 15.1. The molecule has 1 fully saturated rings. The monoisotopic (exact) mass is 472 g/mol. The smallest absolute Gasteiger partial charge is 0.254 e. The normalized spacial score (nSPS) is 15.7. The van der Waals surface area contributed by atoms with Crippen LogP contribution in [0.3, 0.4) is 0 Å². The van der Waals surface area contributed by atoms with Gasteiger partial charge < -0.3 is 9.64 Å². The Morgan fingerprint density at radius 2 is 1.96 bits per heavy atom. The first-order chi connectivity index (χ1) is 12.8. The summed E-state index contributed by atoms with van der Waals surface area (Å²) in [6.07, 6.45) is 0. The van der Waals surface area contributed by atoms with Gasteiger partial charge >= 0.3 is 0 Å². The summed E-state index contributed by atoms with van der Waals surface area (Å²) in [7, 11) is -1.92. The summed E-state index contributed by atoms with van der Waals surface area (Å²) < 4.78 is 33.4. The molecule has 2 aromatic rings. The van der Waals surface area contributed by atoms with Gasteiger partial charge in [-0.05, 0) is 52.7 Å². The summed E-state index contributed by atoms with van der Waals surface area (Å²) in [6, 6.07) is 8.65. The lowest BCUT2D eigenvalue weighted by molar-refractivity contribution is 0.0730. The first-order valence-corrected chi connectivity index (χ1v) is 11.5. The van der Waals surface area contributed by atoms with Crippen LogP contribution in [0.2, 0.25) is 0 Å². The molecule has 2 heterocycles. The molecule has 0 atom stereocenters. The van der Waals surface area contributed by atoms with Gasteiger partial charge in [-0.1, -0.05) is 6.07 Å². The van der Waals surface area contributed by atoms with Crippen LogP contribution in [0, 0.1) is 6.92 Å². The molecule has 0 radical (unpaired) electrons. The number of rotatable bonds is 5. The van der Waals surface area contributed by atoms with Gasteiger partial charge in [0.2, 0.25) is 10.0 Å². The van der Waals surface area contributed by atoms with Crippen molar-refractivity contribution in [2.45, 2.75) is 18.4 Å². The Balaban J connectivity index is 1.85. The van der Waals surface area contributed by atoms with E-state index in [0.29, 0.717) is 38.4 Å². The molecule has 1 aliphatic rings. The number of hydrogen-bond donors (Lipinski definition) is 0. The second kappa shape index (κ2) is 8.40. The fourth-order valence-corrected chi connectivity index (χ4v) is 5.85. The highest BCUT2D eigenvalue weighted by Gasteiger charge is 2.27. The summed E-state index contributed by atoms with van der Waals surface area (Å²) >= 11 is 4.99. The fourth-order valence-electron chi connectivity index (χ4n) is 2.88. The minimum absolute atomic E-state index is 0.144. The molecule has 0 aliphatic carbocycles. The maximum atomic E-state index is 12.9. The third-order valence-electron chi connectivity index (χ3n) is 4.42. The van der Waals surface area contributed by atoms with Crippen LogP contribution in [-0.4, -0.2) is 56.9 Å². The van der Waals surface area contributed by atoms with E-state index in [9.17, 15) is 13.2 Å². The Bertz CT molecular complexity index is 937. The van der Waals surface area contributed by atoms with Crippen LogP contribution < -0.4 is 0 Å². The van der Waals surface area contributed by atoms with E-state index in [1.54, 1.807) is 35.4 Å². The molecule has 9 heteroatoms. The molecule has 27 heavy (non-hydrogen) atoms. The number of benzene rings is 1. The largest absolute Gasteiger partial charge is 0.379 e. The van der Waals surface area contributed by atoms with Crippen LogP contribution in [0.1, 0.15) is 20.8 Å². The summed E-state index contributed by atoms with van der Waals surface area (Å²) in [5.74, 6) is -0.198. The molecule has 3 rings (SSSR count). The van der Waals surface area contributed by atoms with Crippen molar-refractivity contribution in [1.29, 1.82) is 0 Å². The van der Waals surface area contributed by atoms with Gasteiger partial charge in [0.15, 0.2) is 0 Å². The van der Waals surface area contributed by atoms with Crippen LogP contribution in [0.5, 0.6) is 0 Å². The topological polar surface area (TPSA) is 66.9 Å². The van der Waals surface area contributed by atoms with Crippen molar-refractivity contribution in [2.75, 3.05) is 33.4 Å². The average molecular weight is 473 g/mol. The number of thiophene rings is 1. The van der Waals surface area contributed by atoms with Gasteiger partial charge in [-0.3, -0.25) is 4.79 Å². The molecule has 1 amide bonds. The predicted octanol–water partition coefficient (Wildman–Crippen LogP) is 3.11. The van der Waals surface area contributed by atoms with Crippen molar-refractivity contribution in [3.8, 4) is 0 Å². The van der Waals surface area contributed by atoms with Crippen molar-refractivity contribution in [1.82, 2.24) is 9.21 Å². The highest BCUT2D eigenvalue weighted by Crippen LogP contribution is 2.25. The second-order valence-electron chi connectivity index (χ2n) is 6.36. The van der Waals surface area contributed by atoms with Crippen LogP contribution in [-0.2, 0) is 21.3 Å². The number of ether oxygens (including phenoxy) is 1. The molecule has 0 spiro atoms. The fraction of sp³-hybridized carbons (Fsp3) is 0.389. The molecule has 6 nitrogen and oxygen atoms in total. The Hall–Kier alpha value is -1.26. The van der Waals surface area contributed by atoms with Crippen LogP contribution in [0.15, 0.2) is 39.0 Å². The molecular formula is C18H21BrN2O4S2. The highest BCUT2D eigenvalue weighted by molar-refractivity contribution is 9.11. The molecule has 146 valence electrons. The molecule has 1 aliphatic heterocycles. The first kappa shape index (κ1) is 20.5. The minimum Gasteiger partial charge on any atom is -0.379 e. The van der Waals surface area contributed by atoms with Gasteiger partial charge in [-0.15, -0.1) is 11.3 Å². The molecule has 0 bridgehead atoms. The van der Waals surface area contributed by atoms with E-state index >= 15 is 0 Å². The van der Waals surface area contributed by atoms with Crippen LogP contribution in [0.25, 0.3) is 0 Å². The van der Waals surface area contributed by atoms with Crippen molar-refractivity contribution in [3.05, 3.63) is 50.1 Å². The number of morpholine rings is 1. The Morgan fingerprint density at radius 3 is 2.59 bits per heavy atom. The lowest BCUT2D eigenvalue weighted by atomic mass is 10.1. The third kappa shape index (κ3) is 4.60. The minimum atomic E-state index is -3.64. The Morgan fingerprint density at radius 1 is 1.26 bits per heavy atom. The zero-order valence-corrected chi connectivity index (χ0v) is 18.4. The van der Waals surface area contributed by atoms with Gasteiger partial charge in [-0.25, -0.2) is 8.42 Å². The van der Waals surface area contributed by atoms with E-state index in [2.05, 4.69) is 15.9 Å². The van der Waals surface area contributed by atoms with E-state index in [-0.39, 0.29) is 10.8 Å². The van der Waals surface area contributed by atoms with Gasteiger partial charge in [-0.2, -0.15) is 4.31 Å². The molecular weight excluding hydrogens is 452 g/mol. The van der Waals surface area contributed by atoms with Crippen LogP contribution in [0.4, 0.5) is 0 Å². The number of amides is 1. The Kier molecular flexibility index (Phi) is 6.37. The number of sulfonamides is 1. The number of halogens is 1. The van der Waals surface area contributed by atoms with Gasteiger partial charge in [0.25, 0.3) is 5.91 Å². The van der Waals surface area contributed by atoms with E-state index in [0.717, 1.165) is 14.2 Å². The zero-order chi connectivity index (χ0) is 19.6. The molecule has 0 saturated carbocycles. The summed E-state index contributed by atoms with van der Waals surface area (Å²) in [4.78, 5) is 15.7. The van der Waals surface area contributed by atoms with Crippen molar-refractivity contribution < 1.29 is 17.9 Å². The SMILES string of the molecule is Cc1ccc(S(=O)(=O)N2CCOCC2)cc1C(=O)N(C)Cc1ccc(Br)s1. The van der Waals surface area contributed by atoms with E-state index in [1.807, 2.05) is 19.1 Å². The maximum Gasteiger partial charge on any atom is 0.254 e. The van der Waals surface area contributed by atoms with Crippen molar-refractivity contribution >= 4 is 43.2 Å². The summed E-state index contributed by atoms with van der Waals surface area (Å²) in [6.45, 7) is 3.70. The molecule has 0 N–H and O–H groups in total. The first-order valence-electron chi connectivity index (χ1n) is 8.47. The number of carbonyl (C=O) groups excluding carboxylic acids is 1. The maximum absolute atomic E-state index is 12.9. The average Bonchev–Trinajstić information content (AvgIpc) is 3.06. The number of carbonyl (C=O) groups is 1. The highest BCUT2D eigenvalue weighted by atomic mass is 79.9. The quantitative estimate of drug-likeness (QED) is 0.670. The summed E-state index contributed by atoms with van der Waals surface area (Å²) in [5.41, 5.74) is 1.16. The lowest BCUT2D eigenvalue weighted by Gasteiger charge is -2.26. The summed E-state index contributed by atoms with van der Waals surface area (Å²) in [5, 5.41) is 0. The van der Waals surface area contributed by atoms with E-state index < -0.39 is 10.0 Å². The number of aryl methyl sites for hydroxylation is 1. The van der Waals surface area contributed by atoms with Crippen LogP contribution >= 0.6 is 27.3 Å². The van der Waals surface area contributed by atoms with Crippen molar-refractivity contribution in [2.24, 2.45) is 0 Å². The van der Waals surface area contributed by atoms with Crippen molar-refractivity contribution in [3.63, 3.8) is 0 Å². The molecule has 1 aromatic carbocycles. The molecule has 1 saturated heterocycles. The van der Waals surface area contributed by atoms with Gasteiger partial charge in [0.1, 0.15) is 0 Å². The Labute approximate surface area is 171 Å². The third-order valence-corrected chi connectivity index (χ3v) is 7.92. The standard InChI is InChI=1S/C18H21BrN2O4S2/c1-13-3-5-15(27(23,24)21-7-9-25-10-8-21)11-16(13)18(22)20(2)12-14-4-6-17(19)26-14/h3-6,11H,7-10,12H2,1-2H3. The molecule has 1 aromatic heterocycles. The lowest BCUT2D eigenvalue weighted by Crippen LogP contribution is -2.40. The van der Waals surface area contributed by atoms with Gasteiger partial charge in [0.05, 0.1) is 28.4 Å². The predicted molar refractivity (Wildman–Crippen MR) is 109 cm³/mol. The van der Waals surface area contributed by atoms with Gasteiger partial charge in [0, 0.05) is 30.6 Å². The second-order valence-corrected chi connectivity index (χ2v) is 10.8. The number of hydrogen-bond acceptors (Lipinski definition) is 5. The van der Waals surface area contributed by atoms with E-state index in [4.69, 9.17) is 4.74 Å². The number of nitrogens with zero attached hydrogens (tertiary/aromatic N) is 2.